The molecule has 6 aliphatic heterocycles. The molecule has 0 N–H and O–H groups in total. The first kappa shape index (κ1) is 118. The van der Waals surface area contributed by atoms with Gasteiger partial charge in [-0.1, -0.05) is 15.6 Å². The van der Waals surface area contributed by atoms with Crippen LogP contribution < -0.4 is 0 Å². The number of carbonyl (C=O) groups is 20. The molecule has 6 aliphatic rings. The lowest BCUT2D eigenvalue weighted by molar-refractivity contribution is -0.377. The Bertz CT molecular complexity index is 5200. The van der Waals surface area contributed by atoms with Crippen molar-refractivity contribution in [3.8, 4) is 0 Å². The monoisotopic (exact) mass is 2120 g/mol. The molecule has 60 nitrogen and oxygen atoms in total. The third-order valence-corrected chi connectivity index (χ3v) is 21.4. The van der Waals surface area contributed by atoms with Crippen LogP contribution in [0.25, 0.3) is 0 Å². The number of esters is 20. The smallest absolute Gasteiger partial charge is 0.305 e. The number of hydrogen-bond donors (Lipinski definition) is 0. The van der Waals surface area contributed by atoms with E-state index < -0.39 is 363 Å². The predicted molar refractivity (Wildman–Crippen MR) is 461 cm³/mol. The Hall–Kier alpha value is -13.6. The molecule has 0 aromatic carbocycles. The van der Waals surface area contributed by atoms with Crippen LogP contribution in [0.15, 0.2) is 18.6 Å². The highest BCUT2D eigenvalue weighted by Crippen LogP contribution is 2.42. The van der Waals surface area contributed by atoms with Crippen LogP contribution >= 0.6 is 0 Å². The van der Waals surface area contributed by atoms with Crippen LogP contribution in [0.1, 0.15) is 156 Å². The van der Waals surface area contributed by atoms with Gasteiger partial charge < -0.3 is 147 Å². The first-order chi connectivity index (χ1) is 69.8. The van der Waals surface area contributed by atoms with Gasteiger partial charge in [-0.25, -0.2) is 14.0 Å². The van der Waals surface area contributed by atoms with Gasteiger partial charge in [0.05, 0.1) is 56.5 Å². The van der Waals surface area contributed by atoms with Crippen molar-refractivity contribution in [3.05, 3.63) is 35.7 Å². The summed E-state index contributed by atoms with van der Waals surface area (Å²) in [4.78, 5) is 260. The Kier molecular flexibility index (Phi) is 43.7. The number of rotatable bonds is 45. The van der Waals surface area contributed by atoms with E-state index in [9.17, 15) is 95.9 Å². The Morgan fingerprint density at radius 1 is 0.209 bits per heavy atom. The number of ether oxygens (including phenoxy) is 31. The van der Waals surface area contributed by atoms with Crippen molar-refractivity contribution < 1.29 is 243 Å². The van der Waals surface area contributed by atoms with Crippen LogP contribution in [0, 0.1) is 0 Å². The summed E-state index contributed by atoms with van der Waals surface area (Å²) in [5.41, 5.74) is 0.157. The van der Waals surface area contributed by atoms with Crippen molar-refractivity contribution in [1.82, 2.24) is 45.0 Å². The third-order valence-electron chi connectivity index (χ3n) is 21.4. The fraction of sp³-hybridized carbons (Fsp3) is 0.705. The van der Waals surface area contributed by atoms with Crippen LogP contribution in [0.3, 0.4) is 0 Å². The van der Waals surface area contributed by atoms with Crippen LogP contribution in [-0.4, -0.2) is 388 Å². The third kappa shape index (κ3) is 35.3. The molecule has 6 saturated heterocycles. The maximum Gasteiger partial charge on any atom is 0.305 e. The summed E-state index contributed by atoms with van der Waals surface area (Å²) in [5.74, 6) is -20.0. The molecule has 1 unspecified atom stereocenters. The highest BCUT2D eigenvalue weighted by molar-refractivity contribution is 5.74. The average molecular weight is 2120 g/mol. The van der Waals surface area contributed by atoms with E-state index in [-0.39, 0.29) is 36.3 Å². The molecule has 0 spiro atoms. The predicted octanol–water partition coefficient (Wildman–Crippen LogP) is -3.18. The second kappa shape index (κ2) is 54.9. The van der Waals surface area contributed by atoms with E-state index in [1.165, 1.54) is 18.6 Å². The summed E-state index contributed by atoms with van der Waals surface area (Å²) in [6.45, 7) is 14.4. The van der Waals surface area contributed by atoms with E-state index in [2.05, 4.69) is 30.9 Å². The lowest BCUT2D eigenvalue weighted by atomic mass is 9.94. The molecule has 0 aliphatic carbocycles. The van der Waals surface area contributed by atoms with Gasteiger partial charge >= 0.3 is 119 Å². The Morgan fingerprint density at radius 3 is 0.608 bits per heavy atom. The molecule has 0 radical (unpaired) electrons. The highest BCUT2D eigenvalue weighted by Gasteiger charge is 2.63. The fourth-order valence-corrected chi connectivity index (χ4v) is 16.4. The number of nitrogens with zero attached hydrogens (tertiary/aromatic N) is 9. The molecule has 6 fully saturated rings. The van der Waals surface area contributed by atoms with Crippen LogP contribution in [-0.2, 0) is 282 Å². The van der Waals surface area contributed by atoms with E-state index in [4.69, 9.17) is 147 Å². The average Bonchev–Trinajstić information content (AvgIpc) is 0.928. The van der Waals surface area contributed by atoms with E-state index in [1.807, 2.05) is 0 Å². The molecule has 30 atom stereocenters. The summed E-state index contributed by atoms with van der Waals surface area (Å²) >= 11 is 0. The Balaban J connectivity index is 1.14. The summed E-state index contributed by atoms with van der Waals surface area (Å²) in [6.07, 6.45) is -51.7. The summed E-state index contributed by atoms with van der Waals surface area (Å²) < 4.78 is 187. The van der Waals surface area contributed by atoms with Crippen molar-refractivity contribution in [1.29, 1.82) is 0 Å². The van der Waals surface area contributed by atoms with Gasteiger partial charge in [-0.2, -0.15) is 0 Å². The van der Waals surface area contributed by atoms with Gasteiger partial charge in [0.1, 0.15) is 68.7 Å². The summed E-state index contributed by atoms with van der Waals surface area (Å²) in [7, 11) is 0. The molecule has 9 heterocycles. The molecule has 3 aromatic heterocycles. The second-order valence-corrected chi connectivity index (χ2v) is 33.8. The SMILES string of the molecule is CC(=O)OC[C@H]1O[C@H](OCCc2cn(C[C@H]3O[C@H](O[C@H]4[C@H](OC(C)=O)[C@@H](OC(C)=O)[C@@H](O[C@H]5[C@H](OC(C)=O)[C@@H](OC(C)=O)C(OC(C)=O)O[C@@H]5Cn5cc(CCO[C@H]6O[C@H](COC(C)=O)[C@@H](OC(C)=O)[C@H](OC(C)=O)[C@@H]6OC(C)=O)nn5)O[C@@H]4Cn4cc(CCO[C@H]5O[C@H](COC(C)=O)[C@@H](OC(C)=O)[C@H](OC(C)=O)[C@@H]5OC(C)=O)nn4)[C@H](OC(C)=O)[C@@H](OC(C)=O)[C@@H]3OC(C)=O)nn2)[C@@H](OC(C)=O)[C@@H](OC(C)=O)[C@@H]1OC(C)=O. The van der Waals surface area contributed by atoms with Gasteiger partial charge in [0.15, 0.2) is 123 Å². The zero-order chi connectivity index (χ0) is 109. The minimum atomic E-state index is -2.32. The molecule has 0 saturated carbocycles. The van der Waals surface area contributed by atoms with Crippen LogP contribution in [0.5, 0.6) is 0 Å². The minimum Gasteiger partial charge on any atom is -0.463 e. The van der Waals surface area contributed by atoms with Crippen molar-refractivity contribution in [3.63, 3.8) is 0 Å². The lowest BCUT2D eigenvalue weighted by Crippen LogP contribution is -2.68. The first-order valence-corrected chi connectivity index (χ1v) is 45.9. The Labute approximate surface area is 841 Å². The van der Waals surface area contributed by atoms with Gasteiger partial charge in [-0.3, -0.25) is 95.9 Å². The standard InChI is InChI=1S/C88H117N9O51/c1-36(98)121-33-62-68(125-40(5)102)74(131-46(11)108)77(134-49(14)111)83(144-62)118-24-21-56-27-95(92-89-56)30-59-65(124-39(4)101)71(128-43(8)105)81(138-53(18)115)87(142-59)148-67-61(32-97-29-58(91-94-97)23-26-120-85-79(136-51(16)113)76(133-48(13)110)70(127-42(7)104)64(146-85)35-123-38(3)100)143-88(82(139-54(19)116)73(67)130-45(10)107)147-66-60(141-86(140-55(20)117)80(137-52(17)114)72(66)129-44(9)106)31-96-28-57(90-93-96)22-25-119-84-78(135-50(15)112)75(132-47(12)109)69(126-41(6)103)63(145-84)34-122-37(2)99/h27-29,59-88H,21-26,30-35H2,1-20H3/t59-,60-,61-,62-,63-,64-,65-,66-,67-,68-,69-,70-,71+,72+,73+,74+,75+,76+,77+,78+,79+,80-,81-,82-,83+,84+,85+,86?,87-,88-/m1/s1. The van der Waals surface area contributed by atoms with Crippen molar-refractivity contribution in [2.45, 2.75) is 362 Å². The number of aromatic nitrogens is 9. The fourth-order valence-electron chi connectivity index (χ4n) is 16.4. The summed E-state index contributed by atoms with van der Waals surface area (Å²) in [6, 6.07) is 0. The van der Waals surface area contributed by atoms with Gasteiger partial charge in [-0.05, 0) is 0 Å². The zero-order valence-electron chi connectivity index (χ0n) is 83.9. The number of carbonyl (C=O) groups excluding carboxylic acids is 20. The molecule has 820 valence electrons. The molecule has 60 heteroatoms. The molecule has 3 aromatic rings. The second-order valence-electron chi connectivity index (χ2n) is 33.8. The van der Waals surface area contributed by atoms with Crippen LogP contribution in [0.4, 0.5) is 0 Å². The quantitative estimate of drug-likeness (QED) is 0.0398. The van der Waals surface area contributed by atoms with E-state index in [0.717, 1.165) is 153 Å². The largest absolute Gasteiger partial charge is 0.463 e. The van der Waals surface area contributed by atoms with Gasteiger partial charge in [0.2, 0.25) is 12.4 Å². The molecule has 0 bridgehead atoms. The van der Waals surface area contributed by atoms with Crippen molar-refractivity contribution in [2.24, 2.45) is 0 Å². The zero-order valence-corrected chi connectivity index (χ0v) is 83.9. The molecule has 9 rings (SSSR count). The minimum absolute atomic E-state index is 0.0118. The topological polar surface area (TPSA) is 720 Å². The summed E-state index contributed by atoms with van der Waals surface area (Å²) in [5, 5.41) is 25.6. The van der Waals surface area contributed by atoms with E-state index in [1.54, 1.807) is 0 Å². The molecule has 148 heavy (non-hydrogen) atoms. The van der Waals surface area contributed by atoms with E-state index in [0.29, 0.717) is 0 Å². The molecule has 0 amide bonds. The lowest BCUT2D eigenvalue weighted by Gasteiger charge is -2.50. The highest BCUT2D eigenvalue weighted by atomic mass is 16.8. The maximum absolute atomic E-state index is 14.2. The van der Waals surface area contributed by atoms with E-state index >= 15 is 0 Å². The van der Waals surface area contributed by atoms with Crippen LogP contribution in [0.2, 0.25) is 0 Å². The molecular weight excluding hydrogens is 2000 g/mol. The maximum atomic E-state index is 14.2. The van der Waals surface area contributed by atoms with Crippen molar-refractivity contribution >= 4 is 119 Å². The van der Waals surface area contributed by atoms with Gasteiger partial charge in [-0.15, -0.1) is 15.3 Å². The normalized spacial score (nSPS) is 29.6. The Morgan fingerprint density at radius 2 is 0.385 bits per heavy atom. The molecular formula is C88H117N9O51. The number of hydrogen-bond acceptors (Lipinski definition) is 57. The van der Waals surface area contributed by atoms with Crippen molar-refractivity contribution in [2.75, 3.05) is 39.6 Å². The van der Waals surface area contributed by atoms with Gasteiger partial charge in [0, 0.05) is 176 Å². The van der Waals surface area contributed by atoms with Gasteiger partial charge in [0.25, 0.3) is 0 Å². The first-order valence-electron chi connectivity index (χ1n) is 45.9.